The van der Waals surface area contributed by atoms with E-state index in [0.717, 1.165) is 12.8 Å². The SMILES string of the molecule is CC(C)C(NC(=O)NC1CCCC1)c1ccccc1. The fraction of sp³-hybridized carbons (Fsp3) is 0.562. The standard InChI is InChI=1S/C16H24N2O/c1-12(2)15(13-8-4-3-5-9-13)18-16(19)17-14-10-6-7-11-14/h3-5,8-9,12,14-15H,6-7,10-11H2,1-2H3,(H2,17,18,19). The Bertz CT molecular complexity index is 396. The first-order valence-electron chi connectivity index (χ1n) is 7.29. The summed E-state index contributed by atoms with van der Waals surface area (Å²) in [6, 6.07) is 10.6. The van der Waals surface area contributed by atoms with Gasteiger partial charge in [-0.1, -0.05) is 57.0 Å². The molecule has 1 aliphatic carbocycles. The van der Waals surface area contributed by atoms with Crippen molar-refractivity contribution in [3.63, 3.8) is 0 Å². The van der Waals surface area contributed by atoms with Gasteiger partial charge in [-0.25, -0.2) is 4.79 Å². The average molecular weight is 260 g/mol. The summed E-state index contributed by atoms with van der Waals surface area (Å²) >= 11 is 0. The van der Waals surface area contributed by atoms with Crippen LogP contribution in [0.1, 0.15) is 51.1 Å². The van der Waals surface area contributed by atoms with Gasteiger partial charge in [0.2, 0.25) is 0 Å². The monoisotopic (exact) mass is 260 g/mol. The van der Waals surface area contributed by atoms with E-state index in [1.54, 1.807) is 0 Å². The summed E-state index contributed by atoms with van der Waals surface area (Å²) in [4.78, 5) is 12.1. The Hall–Kier alpha value is -1.51. The molecule has 2 N–H and O–H groups in total. The highest BCUT2D eigenvalue weighted by molar-refractivity contribution is 5.74. The number of amides is 2. The lowest BCUT2D eigenvalue weighted by Crippen LogP contribution is -2.43. The van der Waals surface area contributed by atoms with Crippen LogP contribution in [0.15, 0.2) is 30.3 Å². The maximum atomic E-state index is 12.1. The molecule has 0 aromatic heterocycles. The van der Waals surface area contributed by atoms with E-state index in [-0.39, 0.29) is 12.1 Å². The Kier molecular flexibility index (Phi) is 4.83. The van der Waals surface area contributed by atoms with Gasteiger partial charge in [0.25, 0.3) is 0 Å². The minimum absolute atomic E-state index is 0.0329. The van der Waals surface area contributed by atoms with E-state index in [9.17, 15) is 4.79 Å². The summed E-state index contributed by atoms with van der Waals surface area (Å²) in [5.74, 6) is 0.372. The van der Waals surface area contributed by atoms with Crippen molar-refractivity contribution in [2.24, 2.45) is 5.92 Å². The molecule has 104 valence electrons. The zero-order valence-corrected chi connectivity index (χ0v) is 11.9. The Morgan fingerprint density at radius 2 is 1.79 bits per heavy atom. The van der Waals surface area contributed by atoms with Crippen molar-refractivity contribution in [1.82, 2.24) is 10.6 Å². The quantitative estimate of drug-likeness (QED) is 0.853. The minimum atomic E-state index is -0.0329. The third-order valence-corrected chi connectivity index (χ3v) is 3.80. The van der Waals surface area contributed by atoms with Crippen molar-refractivity contribution in [2.45, 2.75) is 51.6 Å². The Morgan fingerprint density at radius 3 is 2.37 bits per heavy atom. The van der Waals surface area contributed by atoms with Crippen molar-refractivity contribution in [3.05, 3.63) is 35.9 Å². The lowest BCUT2D eigenvalue weighted by atomic mass is 9.96. The Labute approximate surface area is 115 Å². The number of hydrogen-bond donors (Lipinski definition) is 2. The van der Waals surface area contributed by atoms with Gasteiger partial charge in [0.05, 0.1) is 6.04 Å². The van der Waals surface area contributed by atoms with Crippen molar-refractivity contribution < 1.29 is 4.79 Å². The highest BCUT2D eigenvalue weighted by atomic mass is 16.2. The summed E-state index contributed by atoms with van der Waals surface area (Å²) in [5, 5.41) is 6.19. The van der Waals surface area contributed by atoms with Gasteiger partial charge in [0.1, 0.15) is 0 Å². The van der Waals surface area contributed by atoms with Crippen LogP contribution in [0.2, 0.25) is 0 Å². The number of urea groups is 1. The van der Waals surface area contributed by atoms with Gasteiger partial charge in [-0.2, -0.15) is 0 Å². The first-order chi connectivity index (χ1) is 9.16. The second-order valence-electron chi connectivity index (χ2n) is 5.73. The molecule has 1 saturated carbocycles. The van der Waals surface area contributed by atoms with E-state index < -0.39 is 0 Å². The van der Waals surface area contributed by atoms with Gasteiger partial charge in [-0.15, -0.1) is 0 Å². The zero-order chi connectivity index (χ0) is 13.7. The van der Waals surface area contributed by atoms with Crippen molar-refractivity contribution in [2.75, 3.05) is 0 Å². The predicted molar refractivity (Wildman–Crippen MR) is 77.9 cm³/mol. The van der Waals surface area contributed by atoms with Crippen LogP contribution in [0.4, 0.5) is 4.79 Å². The molecule has 0 spiro atoms. The van der Waals surface area contributed by atoms with Gasteiger partial charge >= 0.3 is 6.03 Å². The molecule has 1 aromatic carbocycles. The molecule has 0 bridgehead atoms. The summed E-state index contributed by atoms with van der Waals surface area (Å²) in [7, 11) is 0. The van der Waals surface area contributed by atoms with E-state index in [0.29, 0.717) is 12.0 Å². The van der Waals surface area contributed by atoms with Crippen LogP contribution in [0, 0.1) is 5.92 Å². The van der Waals surface area contributed by atoms with Crippen molar-refractivity contribution >= 4 is 6.03 Å². The van der Waals surface area contributed by atoms with E-state index >= 15 is 0 Å². The fourth-order valence-corrected chi connectivity index (χ4v) is 2.73. The van der Waals surface area contributed by atoms with Gasteiger partial charge < -0.3 is 10.6 Å². The van der Waals surface area contributed by atoms with Crippen molar-refractivity contribution in [3.8, 4) is 0 Å². The zero-order valence-electron chi connectivity index (χ0n) is 11.9. The number of benzene rings is 1. The first-order valence-corrected chi connectivity index (χ1v) is 7.29. The summed E-state index contributed by atoms with van der Waals surface area (Å²) < 4.78 is 0. The molecule has 0 aliphatic heterocycles. The molecular formula is C16H24N2O. The van der Waals surface area contributed by atoms with Gasteiger partial charge in [0, 0.05) is 6.04 Å². The molecule has 3 heteroatoms. The number of hydrogen-bond acceptors (Lipinski definition) is 1. The lowest BCUT2D eigenvalue weighted by molar-refractivity contribution is 0.229. The number of carbonyl (C=O) groups is 1. The molecule has 3 nitrogen and oxygen atoms in total. The van der Waals surface area contributed by atoms with Gasteiger partial charge in [-0.3, -0.25) is 0 Å². The maximum absolute atomic E-state index is 12.1. The van der Waals surface area contributed by atoms with Crippen LogP contribution in [0.3, 0.4) is 0 Å². The maximum Gasteiger partial charge on any atom is 0.315 e. The molecule has 0 heterocycles. The van der Waals surface area contributed by atoms with Gasteiger partial charge in [0.15, 0.2) is 0 Å². The molecular weight excluding hydrogens is 236 g/mol. The molecule has 2 rings (SSSR count). The van der Waals surface area contributed by atoms with Crippen LogP contribution >= 0.6 is 0 Å². The normalized spacial score (nSPS) is 17.4. The highest BCUT2D eigenvalue weighted by Crippen LogP contribution is 2.22. The van der Waals surface area contributed by atoms with E-state index in [2.05, 4.69) is 36.6 Å². The molecule has 1 atom stereocenters. The largest absolute Gasteiger partial charge is 0.335 e. The number of nitrogens with one attached hydrogen (secondary N) is 2. The van der Waals surface area contributed by atoms with Crippen LogP contribution in [0.25, 0.3) is 0 Å². The molecule has 1 aromatic rings. The Balaban J connectivity index is 1.95. The van der Waals surface area contributed by atoms with Crippen molar-refractivity contribution in [1.29, 1.82) is 0 Å². The summed E-state index contributed by atoms with van der Waals surface area (Å²) in [5.41, 5.74) is 1.17. The first kappa shape index (κ1) is 13.9. The molecule has 19 heavy (non-hydrogen) atoms. The highest BCUT2D eigenvalue weighted by Gasteiger charge is 2.21. The second kappa shape index (κ2) is 6.60. The van der Waals surface area contributed by atoms with Crippen LogP contribution < -0.4 is 10.6 Å². The lowest BCUT2D eigenvalue weighted by Gasteiger charge is -2.24. The topological polar surface area (TPSA) is 41.1 Å². The van der Waals surface area contributed by atoms with E-state index in [4.69, 9.17) is 0 Å². The Morgan fingerprint density at radius 1 is 1.16 bits per heavy atom. The number of carbonyl (C=O) groups excluding carboxylic acids is 1. The number of rotatable bonds is 4. The molecule has 2 amide bonds. The molecule has 1 aliphatic rings. The third-order valence-electron chi connectivity index (χ3n) is 3.80. The molecule has 0 saturated heterocycles. The fourth-order valence-electron chi connectivity index (χ4n) is 2.73. The molecule has 1 fully saturated rings. The predicted octanol–water partition coefficient (Wildman–Crippen LogP) is 3.63. The summed E-state index contributed by atoms with van der Waals surface area (Å²) in [6.07, 6.45) is 4.70. The van der Waals surface area contributed by atoms with Crippen LogP contribution in [-0.4, -0.2) is 12.1 Å². The average Bonchev–Trinajstić information content (AvgIpc) is 2.89. The minimum Gasteiger partial charge on any atom is -0.335 e. The van der Waals surface area contributed by atoms with E-state index in [1.807, 2.05) is 18.2 Å². The third kappa shape index (κ3) is 3.98. The summed E-state index contributed by atoms with van der Waals surface area (Å²) in [6.45, 7) is 4.26. The second-order valence-corrected chi connectivity index (χ2v) is 5.73. The van der Waals surface area contributed by atoms with Crippen LogP contribution in [0.5, 0.6) is 0 Å². The molecule has 0 radical (unpaired) electrons. The van der Waals surface area contributed by atoms with Gasteiger partial charge in [-0.05, 0) is 24.3 Å². The van der Waals surface area contributed by atoms with E-state index in [1.165, 1.54) is 18.4 Å². The van der Waals surface area contributed by atoms with Crippen LogP contribution in [-0.2, 0) is 0 Å². The molecule has 1 unspecified atom stereocenters. The smallest absolute Gasteiger partial charge is 0.315 e.